The molecule has 1 aliphatic heterocycles. The molecule has 0 spiro atoms. The predicted molar refractivity (Wildman–Crippen MR) is 136 cm³/mol. The summed E-state index contributed by atoms with van der Waals surface area (Å²) < 4.78 is 14.4. The van der Waals surface area contributed by atoms with E-state index >= 15 is 0 Å². The number of carbonyl (C=O) groups excluding carboxylic acids is 2. The molecule has 0 radical (unpaired) electrons. The molecule has 2 amide bonds. The van der Waals surface area contributed by atoms with Crippen LogP contribution in [0.15, 0.2) is 72.9 Å². The minimum absolute atomic E-state index is 0.0843. The lowest BCUT2D eigenvalue weighted by Crippen LogP contribution is -2.49. The Labute approximate surface area is 211 Å². The van der Waals surface area contributed by atoms with Crippen molar-refractivity contribution in [2.24, 2.45) is 0 Å². The number of rotatable bonds is 7. The average molecular weight is 487 g/mol. The standard InChI is InChI=1S/C29H31FN4O2/c30-23-12-7-15-25(17-23)34(27(35)20-33-18-22-11-8-16-31-26(22)19-33)28(21-9-3-1-4-10-21)29(36)32-24-13-5-2-6-14-24/h1,3-4,7-12,15-17,24,28H,2,5-6,13-14,18-20H2,(H,32,36). The number of amides is 2. The van der Waals surface area contributed by atoms with Crippen LogP contribution in [0, 0.1) is 5.82 Å². The van der Waals surface area contributed by atoms with E-state index in [1.165, 1.54) is 23.5 Å². The third-order valence-electron chi connectivity index (χ3n) is 7.04. The predicted octanol–water partition coefficient (Wildman–Crippen LogP) is 4.76. The van der Waals surface area contributed by atoms with Crippen molar-refractivity contribution in [3.8, 4) is 0 Å². The summed E-state index contributed by atoms with van der Waals surface area (Å²) in [6.45, 7) is 1.26. The van der Waals surface area contributed by atoms with Crippen molar-refractivity contribution in [3.05, 3.63) is 95.6 Å². The Morgan fingerprint density at radius 1 is 1.00 bits per heavy atom. The number of carbonyl (C=O) groups is 2. The first kappa shape index (κ1) is 24.1. The molecule has 2 aromatic carbocycles. The molecule has 1 aromatic heterocycles. The number of hydrogen-bond donors (Lipinski definition) is 1. The first-order chi connectivity index (χ1) is 17.6. The second kappa shape index (κ2) is 11.0. The summed E-state index contributed by atoms with van der Waals surface area (Å²) in [6, 6.07) is 18.3. The number of halogens is 1. The van der Waals surface area contributed by atoms with Gasteiger partial charge in [-0.15, -0.1) is 0 Å². The molecule has 6 nitrogen and oxygen atoms in total. The molecule has 7 heteroatoms. The molecule has 1 fully saturated rings. The number of nitrogens with zero attached hydrogens (tertiary/aromatic N) is 3. The molecule has 1 aliphatic carbocycles. The molecule has 186 valence electrons. The van der Waals surface area contributed by atoms with E-state index in [0.717, 1.165) is 36.9 Å². The molecule has 2 heterocycles. The van der Waals surface area contributed by atoms with Gasteiger partial charge in [-0.1, -0.05) is 61.7 Å². The van der Waals surface area contributed by atoms with Gasteiger partial charge in [0.25, 0.3) is 0 Å². The van der Waals surface area contributed by atoms with Crippen LogP contribution in [0.25, 0.3) is 0 Å². The Balaban J connectivity index is 1.47. The van der Waals surface area contributed by atoms with E-state index in [1.807, 2.05) is 47.4 Å². The summed E-state index contributed by atoms with van der Waals surface area (Å²) in [5.74, 6) is -0.958. The highest BCUT2D eigenvalue weighted by atomic mass is 19.1. The highest BCUT2D eigenvalue weighted by Crippen LogP contribution is 2.30. The van der Waals surface area contributed by atoms with Gasteiger partial charge in [0.2, 0.25) is 11.8 Å². The van der Waals surface area contributed by atoms with E-state index in [1.54, 1.807) is 18.3 Å². The van der Waals surface area contributed by atoms with Gasteiger partial charge in [0.15, 0.2) is 0 Å². The number of aromatic nitrogens is 1. The van der Waals surface area contributed by atoms with Crippen LogP contribution < -0.4 is 10.2 Å². The Kier molecular flexibility index (Phi) is 7.37. The van der Waals surface area contributed by atoms with Crippen molar-refractivity contribution in [2.75, 3.05) is 11.4 Å². The van der Waals surface area contributed by atoms with E-state index in [9.17, 15) is 14.0 Å². The number of fused-ring (bicyclic) bond motifs is 1. The topological polar surface area (TPSA) is 65.5 Å². The Bertz CT molecular complexity index is 1190. The van der Waals surface area contributed by atoms with Crippen LogP contribution in [0.3, 0.4) is 0 Å². The van der Waals surface area contributed by atoms with Gasteiger partial charge in [-0.05, 0) is 48.2 Å². The SMILES string of the molecule is O=C(NC1CCCCC1)C(c1ccccc1)N(C(=O)CN1Cc2cccnc2C1)c1cccc(F)c1. The van der Waals surface area contributed by atoms with Gasteiger partial charge in [-0.25, -0.2) is 4.39 Å². The molecular formula is C29H31FN4O2. The molecule has 1 atom stereocenters. The summed E-state index contributed by atoms with van der Waals surface area (Å²) in [4.78, 5) is 35.6. The van der Waals surface area contributed by atoms with Crippen molar-refractivity contribution < 1.29 is 14.0 Å². The van der Waals surface area contributed by atoms with Crippen molar-refractivity contribution in [1.82, 2.24) is 15.2 Å². The van der Waals surface area contributed by atoms with Gasteiger partial charge in [0, 0.05) is 31.0 Å². The van der Waals surface area contributed by atoms with Crippen molar-refractivity contribution >= 4 is 17.5 Å². The number of anilines is 1. The highest BCUT2D eigenvalue weighted by Gasteiger charge is 2.35. The zero-order valence-electron chi connectivity index (χ0n) is 20.3. The van der Waals surface area contributed by atoms with Gasteiger partial charge >= 0.3 is 0 Å². The van der Waals surface area contributed by atoms with Crippen molar-refractivity contribution in [2.45, 2.75) is 57.3 Å². The maximum absolute atomic E-state index is 14.4. The molecule has 1 unspecified atom stereocenters. The molecule has 2 aliphatic rings. The van der Waals surface area contributed by atoms with E-state index < -0.39 is 11.9 Å². The molecule has 36 heavy (non-hydrogen) atoms. The summed E-state index contributed by atoms with van der Waals surface area (Å²) in [5.41, 5.74) is 3.10. The largest absolute Gasteiger partial charge is 0.351 e. The van der Waals surface area contributed by atoms with Gasteiger partial charge in [0.05, 0.1) is 12.2 Å². The maximum Gasteiger partial charge on any atom is 0.248 e. The molecule has 0 saturated heterocycles. The molecule has 1 N–H and O–H groups in total. The van der Waals surface area contributed by atoms with Crippen LogP contribution in [0.5, 0.6) is 0 Å². The molecule has 5 rings (SSSR count). The number of nitrogens with one attached hydrogen (secondary N) is 1. The van der Waals surface area contributed by atoms with Gasteiger partial charge in [-0.3, -0.25) is 24.4 Å². The number of benzene rings is 2. The van der Waals surface area contributed by atoms with Crippen molar-refractivity contribution in [1.29, 1.82) is 0 Å². The third kappa shape index (κ3) is 5.46. The molecule has 1 saturated carbocycles. The van der Waals surface area contributed by atoms with Crippen LogP contribution in [0.1, 0.15) is 55.0 Å². The van der Waals surface area contributed by atoms with Crippen LogP contribution in [0.4, 0.5) is 10.1 Å². The zero-order valence-corrected chi connectivity index (χ0v) is 20.3. The number of hydrogen-bond acceptors (Lipinski definition) is 4. The van der Waals surface area contributed by atoms with Crippen LogP contribution in [-0.2, 0) is 22.7 Å². The highest BCUT2D eigenvalue weighted by molar-refractivity contribution is 6.02. The molecular weight excluding hydrogens is 455 g/mol. The monoisotopic (exact) mass is 486 g/mol. The lowest BCUT2D eigenvalue weighted by Gasteiger charge is -2.34. The van der Waals surface area contributed by atoms with Gasteiger partial charge < -0.3 is 5.32 Å². The third-order valence-corrected chi connectivity index (χ3v) is 7.04. The first-order valence-corrected chi connectivity index (χ1v) is 12.7. The minimum Gasteiger partial charge on any atom is -0.351 e. The second-order valence-corrected chi connectivity index (χ2v) is 9.65. The van der Waals surface area contributed by atoms with E-state index in [0.29, 0.717) is 24.3 Å². The van der Waals surface area contributed by atoms with Gasteiger partial charge in [-0.2, -0.15) is 0 Å². The fourth-order valence-corrected chi connectivity index (χ4v) is 5.29. The van der Waals surface area contributed by atoms with Crippen LogP contribution in [0.2, 0.25) is 0 Å². The second-order valence-electron chi connectivity index (χ2n) is 9.65. The summed E-state index contributed by atoms with van der Waals surface area (Å²) in [7, 11) is 0. The van der Waals surface area contributed by atoms with E-state index in [2.05, 4.69) is 10.3 Å². The average Bonchev–Trinajstić information content (AvgIpc) is 3.30. The maximum atomic E-state index is 14.4. The lowest BCUT2D eigenvalue weighted by molar-refractivity contribution is -0.127. The summed E-state index contributed by atoms with van der Waals surface area (Å²) in [5, 5.41) is 3.19. The first-order valence-electron chi connectivity index (χ1n) is 12.7. The van der Waals surface area contributed by atoms with E-state index in [-0.39, 0.29) is 24.4 Å². The molecule has 3 aromatic rings. The Morgan fingerprint density at radius 3 is 2.56 bits per heavy atom. The van der Waals surface area contributed by atoms with Crippen LogP contribution in [-0.4, -0.2) is 34.3 Å². The van der Waals surface area contributed by atoms with Gasteiger partial charge in [0.1, 0.15) is 11.9 Å². The lowest BCUT2D eigenvalue weighted by atomic mass is 9.94. The quantitative estimate of drug-likeness (QED) is 0.523. The van der Waals surface area contributed by atoms with Crippen molar-refractivity contribution in [3.63, 3.8) is 0 Å². The molecule has 0 bridgehead atoms. The summed E-state index contributed by atoms with van der Waals surface area (Å²) >= 11 is 0. The van der Waals surface area contributed by atoms with E-state index in [4.69, 9.17) is 0 Å². The zero-order chi connectivity index (χ0) is 24.9. The Morgan fingerprint density at radius 2 is 1.81 bits per heavy atom. The normalized spacial score (nSPS) is 16.8. The summed E-state index contributed by atoms with van der Waals surface area (Å²) in [6.07, 6.45) is 6.95. The fraction of sp³-hybridized carbons (Fsp3) is 0.345. The smallest absolute Gasteiger partial charge is 0.248 e. The Hall–Kier alpha value is -3.58. The minimum atomic E-state index is -0.912. The fourth-order valence-electron chi connectivity index (χ4n) is 5.29. The van der Waals surface area contributed by atoms with Crippen LogP contribution >= 0.6 is 0 Å². The number of pyridine rings is 1.